The summed E-state index contributed by atoms with van der Waals surface area (Å²) in [7, 11) is 0. The first-order chi connectivity index (χ1) is 11.9. The van der Waals surface area contributed by atoms with Crippen LogP contribution in [0.15, 0.2) is 50.4 Å². The maximum atomic E-state index is 11.7. The van der Waals surface area contributed by atoms with Gasteiger partial charge in [0.15, 0.2) is 12.4 Å². The fourth-order valence-electron chi connectivity index (χ4n) is 1.74. The van der Waals surface area contributed by atoms with Gasteiger partial charge in [-0.05, 0) is 55.6 Å². The minimum atomic E-state index is -0.591. The lowest BCUT2D eigenvalue weighted by Crippen LogP contribution is -2.24. The van der Waals surface area contributed by atoms with Gasteiger partial charge < -0.3 is 9.84 Å². The van der Waals surface area contributed by atoms with Gasteiger partial charge in [-0.15, -0.1) is 0 Å². The molecule has 0 unspecified atom stereocenters. The monoisotopic (exact) mass is 471 g/mol. The predicted octanol–water partition coefficient (Wildman–Crippen LogP) is 3.35. The Kier molecular flexibility index (Phi) is 6.48. The lowest BCUT2D eigenvalue weighted by Gasteiger charge is -2.05. The van der Waals surface area contributed by atoms with Gasteiger partial charge in [0.25, 0.3) is 5.91 Å². The molecule has 1 amide bonds. The van der Waals surface area contributed by atoms with Crippen LogP contribution < -0.4 is 10.2 Å². The van der Waals surface area contributed by atoms with Gasteiger partial charge in [0.05, 0.1) is 20.1 Å². The molecule has 0 aliphatic heterocycles. The maximum Gasteiger partial charge on any atom is 0.310 e. The molecule has 130 valence electrons. The Morgan fingerprint density at radius 3 is 2.60 bits per heavy atom. The second-order valence-electron chi connectivity index (χ2n) is 4.64. The fraction of sp³-hybridized carbons (Fsp3) is 0.0667. The molecule has 2 aromatic carbocycles. The number of phenolic OH excluding ortho intramolecular Hbond substituents is 1. The number of hydrazone groups is 1. The average Bonchev–Trinajstić information content (AvgIpc) is 2.58. The van der Waals surface area contributed by atoms with Crippen molar-refractivity contribution in [1.82, 2.24) is 5.43 Å². The van der Waals surface area contributed by atoms with Gasteiger partial charge in [-0.3, -0.25) is 14.9 Å². The summed E-state index contributed by atoms with van der Waals surface area (Å²) in [5.41, 5.74) is 2.64. The van der Waals surface area contributed by atoms with E-state index in [9.17, 15) is 20.0 Å². The topological polar surface area (TPSA) is 114 Å². The first-order valence-electron chi connectivity index (χ1n) is 6.74. The SMILES string of the molecule is O=C(COc1ccccc1[N+](=O)[O-])NN=Cc1cc(Br)c(O)c(Br)c1. The van der Waals surface area contributed by atoms with Crippen LogP contribution in [0.3, 0.4) is 0 Å². The van der Waals surface area contributed by atoms with Crippen molar-refractivity contribution in [3.8, 4) is 11.5 Å². The molecule has 2 N–H and O–H groups in total. The number of carbonyl (C=O) groups is 1. The van der Waals surface area contributed by atoms with E-state index in [1.165, 1.54) is 24.4 Å². The van der Waals surface area contributed by atoms with Crippen LogP contribution in [0.4, 0.5) is 5.69 Å². The minimum absolute atomic E-state index is 0.00183. The number of phenols is 1. The summed E-state index contributed by atoms with van der Waals surface area (Å²) in [6.45, 7) is -0.425. The van der Waals surface area contributed by atoms with Crippen molar-refractivity contribution >= 4 is 49.7 Å². The summed E-state index contributed by atoms with van der Waals surface area (Å²) in [6.07, 6.45) is 1.37. The van der Waals surface area contributed by atoms with E-state index in [-0.39, 0.29) is 17.2 Å². The first-order valence-corrected chi connectivity index (χ1v) is 8.33. The third-order valence-corrected chi connectivity index (χ3v) is 4.07. The van der Waals surface area contributed by atoms with E-state index in [0.29, 0.717) is 14.5 Å². The number of aromatic hydroxyl groups is 1. The summed E-state index contributed by atoms with van der Waals surface area (Å²) in [6, 6.07) is 8.98. The van der Waals surface area contributed by atoms with E-state index < -0.39 is 17.4 Å². The molecule has 2 rings (SSSR count). The number of amides is 1. The molecule has 10 heteroatoms. The summed E-state index contributed by atoms with van der Waals surface area (Å²) in [4.78, 5) is 22.0. The molecular formula is C15H11Br2N3O5. The Morgan fingerprint density at radius 1 is 1.32 bits per heavy atom. The van der Waals surface area contributed by atoms with Crippen LogP contribution in [0.1, 0.15) is 5.56 Å². The number of hydrogen-bond donors (Lipinski definition) is 2. The van der Waals surface area contributed by atoms with Crippen LogP contribution in [-0.4, -0.2) is 28.8 Å². The third kappa shape index (κ3) is 5.26. The molecule has 2 aromatic rings. The average molecular weight is 473 g/mol. The minimum Gasteiger partial charge on any atom is -0.506 e. The first kappa shape index (κ1) is 18.9. The van der Waals surface area contributed by atoms with Crippen molar-refractivity contribution in [2.75, 3.05) is 6.61 Å². The van der Waals surface area contributed by atoms with Crippen molar-refractivity contribution in [1.29, 1.82) is 0 Å². The number of ether oxygens (including phenoxy) is 1. The third-order valence-electron chi connectivity index (χ3n) is 2.86. The van der Waals surface area contributed by atoms with Gasteiger partial charge >= 0.3 is 5.69 Å². The van der Waals surface area contributed by atoms with E-state index >= 15 is 0 Å². The quantitative estimate of drug-likeness (QED) is 0.380. The number of nitro groups is 1. The zero-order chi connectivity index (χ0) is 18.4. The number of nitro benzene ring substituents is 1. The largest absolute Gasteiger partial charge is 0.506 e. The Labute approximate surface area is 158 Å². The molecule has 25 heavy (non-hydrogen) atoms. The highest BCUT2D eigenvalue weighted by atomic mass is 79.9. The molecule has 0 saturated heterocycles. The van der Waals surface area contributed by atoms with Crippen LogP contribution in [-0.2, 0) is 4.79 Å². The Morgan fingerprint density at radius 2 is 1.96 bits per heavy atom. The molecule has 0 heterocycles. The van der Waals surface area contributed by atoms with Gasteiger partial charge in [-0.25, -0.2) is 5.43 Å². The molecule has 0 saturated carbocycles. The fourth-order valence-corrected chi connectivity index (χ4v) is 2.97. The Bertz CT molecular complexity index is 819. The molecule has 0 aliphatic carbocycles. The van der Waals surface area contributed by atoms with Crippen molar-refractivity contribution in [3.05, 3.63) is 61.0 Å². The second kappa shape index (κ2) is 8.58. The van der Waals surface area contributed by atoms with E-state index in [1.807, 2.05) is 0 Å². The highest BCUT2D eigenvalue weighted by Gasteiger charge is 2.14. The number of benzene rings is 2. The van der Waals surface area contributed by atoms with Gasteiger partial charge in [-0.1, -0.05) is 12.1 Å². The summed E-state index contributed by atoms with van der Waals surface area (Å²) >= 11 is 6.37. The van der Waals surface area contributed by atoms with Gasteiger partial charge in [0.2, 0.25) is 0 Å². The zero-order valence-electron chi connectivity index (χ0n) is 12.5. The number of rotatable bonds is 6. The Balaban J connectivity index is 1.92. The molecule has 8 nitrogen and oxygen atoms in total. The summed E-state index contributed by atoms with van der Waals surface area (Å²) in [5.74, 6) is -0.525. The number of carbonyl (C=O) groups excluding carboxylic acids is 1. The second-order valence-corrected chi connectivity index (χ2v) is 6.35. The standard InChI is InChI=1S/C15H11Br2N3O5/c16-10-5-9(6-11(17)15(10)22)7-18-19-14(21)8-25-13-4-2-1-3-12(13)20(23)24/h1-7,22H,8H2,(H,19,21). The number of nitrogens with zero attached hydrogens (tertiary/aromatic N) is 2. The van der Waals surface area contributed by atoms with Crippen molar-refractivity contribution in [2.45, 2.75) is 0 Å². The molecule has 0 atom stereocenters. The number of nitrogens with one attached hydrogen (secondary N) is 1. The van der Waals surface area contributed by atoms with Gasteiger partial charge in [-0.2, -0.15) is 5.10 Å². The van der Waals surface area contributed by atoms with Crippen molar-refractivity contribution < 1.29 is 19.6 Å². The van der Waals surface area contributed by atoms with Crippen LogP contribution in [0.25, 0.3) is 0 Å². The summed E-state index contributed by atoms with van der Waals surface area (Å²) in [5, 5.41) is 24.2. The predicted molar refractivity (Wildman–Crippen MR) is 97.8 cm³/mol. The maximum absolute atomic E-state index is 11.7. The van der Waals surface area contributed by atoms with E-state index in [0.717, 1.165) is 0 Å². The number of halogens is 2. The van der Waals surface area contributed by atoms with Crippen LogP contribution in [0.5, 0.6) is 11.5 Å². The molecule has 0 bridgehead atoms. The molecule has 0 fully saturated rings. The van der Waals surface area contributed by atoms with Crippen molar-refractivity contribution in [2.24, 2.45) is 5.10 Å². The van der Waals surface area contributed by atoms with E-state index in [2.05, 4.69) is 42.4 Å². The summed E-state index contributed by atoms with van der Waals surface area (Å²) < 4.78 is 6.08. The zero-order valence-corrected chi connectivity index (χ0v) is 15.7. The van der Waals surface area contributed by atoms with E-state index in [1.54, 1.807) is 18.2 Å². The number of para-hydroxylation sites is 2. The molecular weight excluding hydrogens is 462 g/mol. The van der Waals surface area contributed by atoms with Crippen molar-refractivity contribution in [3.63, 3.8) is 0 Å². The lowest BCUT2D eigenvalue weighted by molar-refractivity contribution is -0.385. The van der Waals surface area contributed by atoms with Crippen LogP contribution >= 0.6 is 31.9 Å². The molecule has 0 spiro atoms. The molecule has 0 aromatic heterocycles. The smallest absolute Gasteiger partial charge is 0.310 e. The van der Waals surface area contributed by atoms with Gasteiger partial charge in [0.1, 0.15) is 5.75 Å². The van der Waals surface area contributed by atoms with Crippen LogP contribution in [0.2, 0.25) is 0 Å². The molecule has 0 aliphatic rings. The highest BCUT2D eigenvalue weighted by molar-refractivity contribution is 9.11. The van der Waals surface area contributed by atoms with E-state index in [4.69, 9.17) is 4.74 Å². The lowest BCUT2D eigenvalue weighted by atomic mass is 10.2. The molecule has 0 radical (unpaired) electrons. The van der Waals surface area contributed by atoms with Crippen LogP contribution in [0, 0.1) is 10.1 Å². The Hall–Kier alpha value is -2.46. The van der Waals surface area contributed by atoms with Gasteiger partial charge in [0, 0.05) is 6.07 Å². The normalized spacial score (nSPS) is 10.6. The number of hydrogen-bond acceptors (Lipinski definition) is 6. The highest BCUT2D eigenvalue weighted by Crippen LogP contribution is 2.32.